The molecule has 0 aliphatic carbocycles. The van der Waals surface area contributed by atoms with E-state index in [1.165, 1.54) is 16.6 Å². The zero-order chi connectivity index (χ0) is 13.8. The molecule has 0 saturated heterocycles. The van der Waals surface area contributed by atoms with Crippen molar-refractivity contribution in [2.45, 2.75) is 11.8 Å². The van der Waals surface area contributed by atoms with Crippen LogP contribution >= 0.6 is 0 Å². The number of nitrogens with one attached hydrogen (secondary N) is 1. The maximum atomic E-state index is 12.2. The number of nitrogens with zero attached hydrogens (tertiary/aromatic N) is 2. The van der Waals surface area contributed by atoms with Gasteiger partial charge in [-0.05, 0) is 25.1 Å². The van der Waals surface area contributed by atoms with Gasteiger partial charge in [-0.2, -0.15) is 8.42 Å². The first-order valence-electron chi connectivity index (χ1n) is 5.36. The van der Waals surface area contributed by atoms with Gasteiger partial charge in [0.25, 0.3) is 15.7 Å². The van der Waals surface area contributed by atoms with Crippen molar-refractivity contribution in [3.05, 3.63) is 40.3 Å². The SMILES string of the molecule is Cc1cc2nc3ccc(S(=O)(=O)O)cc3c(=O)n2[nH]1. The van der Waals surface area contributed by atoms with Crippen LogP contribution < -0.4 is 5.56 Å². The first-order valence-corrected chi connectivity index (χ1v) is 6.80. The molecule has 0 bridgehead atoms. The molecule has 0 spiro atoms. The van der Waals surface area contributed by atoms with E-state index in [-0.39, 0.29) is 10.3 Å². The smallest absolute Gasteiger partial charge is 0.294 e. The van der Waals surface area contributed by atoms with Crippen LogP contribution in [-0.4, -0.2) is 27.6 Å². The maximum Gasteiger partial charge on any atom is 0.294 e. The summed E-state index contributed by atoms with van der Waals surface area (Å²) in [4.78, 5) is 16.1. The lowest BCUT2D eigenvalue weighted by molar-refractivity contribution is 0.483. The van der Waals surface area contributed by atoms with Gasteiger partial charge in [0.05, 0.1) is 15.8 Å². The largest absolute Gasteiger partial charge is 0.294 e. The van der Waals surface area contributed by atoms with Crippen LogP contribution in [0.3, 0.4) is 0 Å². The van der Waals surface area contributed by atoms with Gasteiger partial charge in [-0.15, -0.1) is 0 Å². The number of aromatic nitrogens is 3. The second kappa shape index (κ2) is 3.65. The monoisotopic (exact) mass is 279 g/mol. The fourth-order valence-corrected chi connectivity index (χ4v) is 2.46. The van der Waals surface area contributed by atoms with Crippen LogP contribution in [0.2, 0.25) is 0 Å². The predicted molar refractivity (Wildman–Crippen MR) is 67.9 cm³/mol. The normalized spacial score (nSPS) is 12.3. The van der Waals surface area contributed by atoms with Crippen molar-refractivity contribution in [3.63, 3.8) is 0 Å². The number of hydrogen-bond donors (Lipinski definition) is 2. The molecule has 0 atom stereocenters. The summed E-state index contributed by atoms with van der Waals surface area (Å²) in [5.74, 6) is 0. The fourth-order valence-electron chi connectivity index (χ4n) is 1.95. The Bertz CT molecular complexity index is 969. The Kier molecular flexibility index (Phi) is 2.28. The Hall–Kier alpha value is -2.19. The molecule has 0 fully saturated rings. The minimum atomic E-state index is -4.35. The van der Waals surface area contributed by atoms with Crippen molar-refractivity contribution in [2.24, 2.45) is 0 Å². The summed E-state index contributed by atoms with van der Waals surface area (Å²) in [5.41, 5.74) is 1.17. The maximum absolute atomic E-state index is 12.2. The Balaban J connectivity index is 2.49. The van der Waals surface area contributed by atoms with Gasteiger partial charge in [0.15, 0.2) is 5.65 Å². The third-order valence-electron chi connectivity index (χ3n) is 2.80. The van der Waals surface area contributed by atoms with Gasteiger partial charge in [-0.25, -0.2) is 9.50 Å². The summed E-state index contributed by atoms with van der Waals surface area (Å²) in [6, 6.07) is 5.42. The molecular weight excluding hydrogens is 270 g/mol. The van der Waals surface area contributed by atoms with E-state index in [1.54, 1.807) is 13.0 Å². The van der Waals surface area contributed by atoms with E-state index in [0.29, 0.717) is 11.2 Å². The summed E-state index contributed by atoms with van der Waals surface area (Å²) in [7, 11) is -4.35. The average molecular weight is 279 g/mol. The van der Waals surface area contributed by atoms with Gasteiger partial charge in [-0.1, -0.05) is 0 Å². The molecule has 0 aliphatic rings. The van der Waals surface area contributed by atoms with Crippen LogP contribution in [0.15, 0.2) is 34.0 Å². The molecule has 3 rings (SSSR count). The van der Waals surface area contributed by atoms with E-state index in [9.17, 15) is 13.2 Å². The minimum absolute atomic E-state index is 0.120. The highest BCUT2D eigenvalue weighted by Gasteiger charge is 2.13. The summed E-state index contributed by atoms with van der Waals surface area (Å²) >= 11 is 0. The summed E-state index contributed by atoms with van der Waals surface area (Å²) in [5, 5.41) is 2.93. The van der Waals surface area contributed by atoms with Gasteiger partial charge in [0.1, 0.15) is 0 Å². The Labute approximate surface area is 107 Å². The van der Waals surface area contributed by atoms with E-state index in [1.807, 2.05) is 0 Å². The van der Waals surface area contributed by atoms with Crippen molar-refractivity contribution < 1.29 is 13.0 Å². The Morgan fingerprint density at radius 1 is 1.32 bits per heavy atom. The zero-order valence-corrected chi connectivity index (χ0v) is 10.6. The van der Waals surface area contributed by atoms with Gasteiger partial charge < -0.3 is 0 Å². The first kappa shape index (κ1) is 11.9. The summed E-state index contributed by atoms with van der Waals surface area (Å²) in [6.45, 7) is 1.78. The van der Waals surface area contributed by atoms with E-state index in [0.717, 1.165) is 11.8 Å². The summed E-state index contributed by atoms with van der Waals surface area (Å²) in [6.07, 6.45) is 0. The van der Waals surface area contributed by atoms with Crippen LogP contribution in [0, 0.1) is 6.92 Å². The molecule has 2 heterocycles. The molecule has 98 valence electrons. The highest BCUT2D eigenvalue weighted by Crippen LogP contribution is 2.15. The molecular formula is C11H9N3O4S. The number of benzene rings is 1. The minimum Gasteiger partial charge on any atom is -0.294 e. The van der Waals surface area contributed by atoms with E-state index in [4.69, 9.17) is 4.55 Å². The van der Waals surface area contributed by atoms with Gasteiger partial charge in [0, 0.05) is 11.8 Å². The zero-order valence-electron chi connectivity index (χ0n) is 9.78. The molecule has 0 saturated carbocycles. The molecule has 0 amide bonds. The van der Waals surface area contributed by atoms with Crippen molar-refractivity contribution in [1.29, 1.82) is 0 Å². The summed E-state index contributed by atoms with van der Waals surface area (Å²) < 4.78 is 32.4. The Morgan fingerprint density at radius 2 is 2.05 bits per heavy atom. The molecule has 1 aromatic carbocycles. The van der Waals surface area contributed by atoms with Crippen molar-refractivity contribution in [2.75, 3.05) is 0 Å². The molecule has 3 aromatic rings. The highest BCUT2D eigenvalue weighted by atomic mass is 32.2. The Morgan fingerprint density at radius 3 is 2.74 bits per heavy atom. The molecule has 8 heteroatoms. The lowest BCUT2D eigenvalue weighted by Gasteiger charge is -2.01. The fraction of sp³-hybridized carbons (Fsp3) is 0.0909. The van der Waals surface area contributed by atoms with Crippen LogP contribution in [0.4, 0.5) is 0 Å². The van der Waals surface area contributed by atoms with Crippen molar-refractivity contribution in [1.82, 2.24) is 14.6 Å². The third-order valence-corrected chi connectivity index (χ3v) is 3.65. The quantitative estimate of drug-likeness (QED) is 0.639. The second-order valence-corrected chi connectivity index (χ2v) is 5.63. The number of hydrogen-bond acceptors (Lipinski definition) is 4. The van der Waals surface area contributed by atoms with Crippen LogP contribution in [0.25, 0.3) is 16.6 Å². The van der Waals surface area contributed by atoms with Crippen molar-refractivity contribution >= 4 is 26.7 Å². The molecule has 0 aliphatic heterocycles. The van der Waals surface area contributed by atoms with E-state index in [2.05, 4.69) is 10.1 Å². The number of aryl methyl sites for hydroxylation is 1. The van der Waals surface area contributed by atoms with Gasteiger partial charge in [0.2, 0.25) is 0 Å². The van der Waals surface area contributed by atoms with Gasteiger partial charge >= 0.3 is 0 Å². The number of fused-ring (bicyclic) bond motifs is 2. The lowest BCUT2D eigenvalue weighted by atomic mass is 10.2. The number of H-pyrrole nitrogens is 1. The second-order valence-electron chi connectivity index (χ2n) is 4.20. The lowest BCUT2D eigenvalue weighted by Crippen LogP contribution is -2.15. The highest BCUT2D eigenvalue weighted by molar-refractivity contribution is 7.85. The predicted octanol–water partition coefficient (Wildman–Crippen LogP) is 0.731. The van der Waals surface area contributed by atoms with Crippen LogP contribution in [-0.2, 0) is 10.1 Å². The molecule has 2 aromatic heterocycles. The number of aromatic amines is 1. The van der Waals surface area contributed by atoms with Crippen LogP contribution in [0.1, 0.15) is 5.69 Å². The third kappa shape index (κ3) is 1.81. The van der Waals surface area contributed by atoms with Crippen LogP contribution in [0.5, 0.6) is 0 Å². The molecule has 19 heavy (non-hydrogen) atoms. The standard InChI is InChI=1S/C11H9N3O4S/c1-6-4-10-12-9-3-2-7(19(16,17)18)5-8(9)11(15)14(10)13-6/h2-5,13H,1H3,(H,16,17,18). The molecule has 7 nitrogen and oxygen atoms in total. The molecule has 0 radical (unpaired) electrons. The molecule has 0 unspecified atom stereocenters. The van der Waals surface area contributed by atoms with Gasteiger partial charge in [-0.3, -0.25) is 14.4 Å². The molecule has 2 N–H and O–H groups in total. The average Bonchev–Trinajstić information content (AvgIpc) is 2.68. The topological polar surface area (TPSA) is 105 Å². The van der Waals surface area contributed by atoms with Crippen molar-refractivity contribution in [3.8, 4) is 0 Å². The first-order chi connectivity index (χ1) is 8.86. The van der Waals surface area contributed by atoms with E-state index >= 15 is 0 Å². The van der Waals surface area contributed by atoms with E-state index < -0.39 is 15.7 Å². The number of rotatable bonds is 1.